The lowest BCUT2D eigenvalue weighted by Crippen LogP contribution is -2.52. The molecule has 1 saturated carbocycles. The summed E-state index contributed by atoms with van der Waals surface area (Å²) < 4.78 is 11.5. The molecule has 2 aliphatic heterocycles. The number of amides is 2. The molecule has 1 aliphatic carbocycles. The zero-order valence-corrected chi connectivity index (χ0v) is 23.2. The minimum absolute atomic E-state index is 0.0535. The van der Waals surface area contributed by atoms with Crippen LogP contribution in [-0.4, -0.2) is 66.8 Å². The lowest BCUT2D eigenvalue weighted by molar-refractivity contribution is -0.117. The Kier molecular flexibility index (Phi) is 8.54. The highest BCUT2D eigenvalue weighted by molar-refractivity contribution is 6.21. The van der Waals surface area contributed by atoms with E-state index in [1.165, 1.54) is 18.5 Å². The van der Waals surface area contributed by atoms with Crippen molar-refractivity contribution in [2.24, 2.45) is 0 Å². The average molecular weight is 530 g/mol. The number of anilines is 2. The first kappa shape index (κ1) is 27.5. The second kappa shape index (κ2) is 11.5. The molecule has 0 aromatic heterocycles. The Labute approximate surface area is 226 Å². The molecule has 5 unspecified atom stereocenters. The smallest absolute Gasteiger partial charge is 0.414 e. The van der Waals surface area contributed by atoms with Gasteiger partial charge in [-0.25, -0.2) is 4.79 Å². The maximum atomic E-state index is 13.7. The summed E-state index contributed by atoms with van der Waals surface area (Å²) in [7, 11) is 1.60. The molecule has 3 aliphatic rings. The van der Waals surface area contributed by atoms with Crippen molar-refractivity contribution in [2.75, 3.05) is 30.0 Å². The fraction of sp³-hybridized carbons (Fsp3) is 0.586. The number of alkyl halides is 1. The van der Waals surface area contributed by atoms with Gasteiger partial charge in [0.15, 0.2) is 0 Å². The predicted molar refractivity (Wildman–Crippen MR) is 148 cm³/mol. The maximum absolute atomic E-state index is 13.7. The van der Waals surface area contributed by atoms with E-state index in [9.17, 15) is 9.59 Å². The number of allylic oxidation sites excluding steroid dienone is 1. The van der Waals surface area contributed by atoms with Gasteiger partial charge in [-0.2, -0.15) is 0 Å². The van der Waals surface area contributed by atoms with Crippen LogP contribution in [0.4, 0.5) is 16.2 Å². The third-order valence-electron chi connectivity index (χ3n) is 7.84. The van der Waals surface area contributed by atoms with Crippen molar-refractivity contribution in [2.45, 2.75) is 88.5 Å². The third kappa shape index (κ3) is 5.83. The molecule has 0 radical (unpaired) electrons. The van der Waals surface area contributed by atoms with Gasteiger partial charge in [0.2, 0.25) is 5.91 Å². The summed E-state index contributed by atoms with van der Waals surface area (Å²) in [5, 5.41) is -0.360. The molecule has 4 rings (SSSR count). The Morgan fingerprint density at radius 3 is 2.57 bits per heavy atom. The standard InChI is InChI=1S/C29H40ClN3O4/c1-7-24(36-6)15-28(25(30)8-2)37-29(35)32-16-19(4)33(20(5)34)26-12-9-21(14-27(26)32)22-13-18(3)31(17-22)23-10-11-23/h7,9,12,14,19,22-25,28H,1,3,8,10-11,13,15-17H2,2,4-6H3. The Morgan fingerprint density at radius 1 is 1.24 bits per heavy atom. The van der Waals surface area contributed by atoms with E-state index in [4.69, 9.17) is 21.1 Å². The van der Waals surface area contributed by atoms with Gasteiger partial charge in [0.05, 0.1) is 28.9 Å². The summed E-state index contributed by atoms with van der Waals surface area (Å²) in [6.07, 6.45) is 4.84. The minimum atomic E-state index is -0.542. The second-order valence-electron chi connectivity index (χ2n) is 10.5. The van der Waals surface area contributed by atoms with Crippen LogP contribution < -0.4 is 9.80 Å². The van der Waals surface area contributed by atoms with Gasteiger partial charge in [-0.1, -0.05) is 25.6 Å². The number of carbonyl (C=O) groups is 2. The van der Waals surface area contributed by atoms with Crippen molar-refractivity contribution < 1.29 is 19.1 Å². The number of ether oxygens (including phenoxy) is 2. The van der Waals surface area contributed by atoms with Crippen molar-refractivity contribution in [1.29, 1.82) is 0 Å². The van der Waals surface area contributed by atoms with E-state index in [1.54, 1.807) is 29.9 Å². The second-order valence-corrected chi connectivity index (χ2v) is 11.1. The summed E-state index contributed by atoms with van der Waals surface area (Å²) in [6.45, 7) is 14.9. The van der Waals surface area contributed by atoms with E-state index in [1.807, 2.05) is 19.9 Å². The molecular formula is C29H40ClN3O4. The van der Waals surface area contributed by atoms with E-state index < -0.39 is 12.2 Å². The zero-order valence-electron chi connectivity index (χ0n) is 22.5. The molecule has 8 heteroatoms. The van der Waals surface area contributed by atoms with Crippen molar-refractivity contribution in [1.82, 2.24) is 4.90 Å². The fourth-order valence-corrected chi connectivity index (χ4v) is 5.80. The number of carbonyl (C=O) groups excluding carboxylic acids is 2. The molecule has 7 nitrogen and oxygen atoms in total. The van der Waals surface area contributed by atoms with Crippen molar-refractivity contribution >= 4 is 35.0 Å². The van der Waals surface area contributed by atoms with Crippen molar-refractivity contribution in [3.05, 3.63) is 48.7 Å². The molecule has 0 bridgehead atoms. The molecular weight excluding hydrogens is 490 g/mol. The fourth-order valence-electron chi connectivity index (χ4n) is 5.64. The van der Waals surface area contributed by atoms with Crippen LogP contribution in [0.5, 0.6) is 0 Å². The Hall–Kier alpha value is -2.51. The van der Waals surface area contributed by atoms with E-state index in [2.05, 4.69) is 30.2 Å². The van der Waals surface area contributed by atoms with Crippen LogP contribution in [0.1, 0.15) is 64.4 Å². The van der Waals surface area contributed by atoms with Gasteiger partial charge in [-0.15, -0.1) is 18.2 Å². The predicted octanol–water partition coefficient (Wildman–Crippen LogP) is 5.83. The van der Waals surface area contributed by atoms with Gasteiger partial charge in [0, 0.05) is 51.2 Å². The number of rotatable bonds is 9. The molecule has 1 aromatic rings. The van der Waals surface area contributed by atoms with E-state index >= 15 is 0 Å². The molecule has 0 N–H and O–H groups in total. The van der Waals surface area contributed by atoms with E-state index in [0.717, 1.165) is 24.2 Å². The largest absolute Gasteiger partial charge is 0.444 e. The summed E-state index contributed by atoms with van der Waals surface area (Å²) in [5.41, 5.74) is 3.74. The monoisotopic (exact) mass is 529 g/mol. The van der Waals surface area contributed by atoms with Crippen LogP contribution in [0.3, 0.4) is 0 Å². The van der Waals surface area contributed by atoms with Crippen molar-refractivity contribution in [3.8, 4) is 0 Å². The highest BCUT2D eigenvalue weighted by atomic mass is 35.5. The normalized spacial score (nSPS) is 23.9. The first-order valence-corrected chi connectivity index (χ1v) is 13.8. The molecule has 0 spiro atoms. The van der Waals surface area contributed by atoms with Gasteiger partial charge in [0.25, 0.3) is 0 Å². The molecule has 1 aromatic carbocycles. The summed E-state index contributed by atoms with van der Waals surface area (Å²) >= 11 is 6.58. The number of likely N-dealkylation sites (tertiary alicyclic amines) is 1. The van der Waals surface area contributed by atoms with Crippen LogP contribution in [-0.2, 0) is 14.3 Å². The Bertz CT molecular complexity index is 1040. The molecule has 2 fully saturated rings. The summed E-state index contributed by atoms with van der Waals surface area (Å²) in [6, 6.07) is 6.54. The van der Waals surface area contributed by atoms with Crippen LogP contribution in [0.15, 0.2) is 43.1 Å². The van der Waals surface area contributed by atoms with Crippen LogP contribution in [0.25, 0.3) is 0 Å². The number of fused-ring (bicyclic) bond motifs is 1. The molecule has 202 valence electrons. The maximum Gasteiger partial charge on any atom is 0.414 e. The average Bonchev–Trinajstić information content (AvgIpc) is 3.65. The van der Waals surface area contributed by atoms with Crippen LogP contribution in [0, 0.1) is 0 Å². The molecule has 5 atom stereocenters. The zero-order chi connectivity index (χ0) is 26.9. The number of hydrogen-bond donors (Lipinski definition) is 0. The minimum Gasteiger partial charge on any atom is -0.444 e. The molecule has 2 amide bonds. The highest BCUT2D eigenvalue weighted by Gasteiger charge is 2.39. The third-order valence-corrected chi connectivity index (χ3v) is 8.43. The Balaban J connectivity index is 1.63. The van der Waals surface area contributed by atoms with Gasteiger partial charge >= 0.3 is 6.09 Å². The van der Waals surface area contributed by atoms with Crippen LogP contribution in [0.2, 0.25) is 0 Å². The lowest BCUT2D eigenvalue weighted by atomic mass is 9.95. The first-order chi connectivity index (χ1) is 17.7. The molecule has 1 saturated heterocycles. The quantitative estimate of drug-likeness (QED) is 0.297. The van der Waals surface area contributed by atoms with Crippen LogP contribution >= 0.6 is 11.6 Å². The molecule has 37 heavy (non-hydrogen) atoms. The van der Waals surface area contributed by atoms with Gasteiger partial charge in [-0.3, -0.25) is 9.69 Å². The number of benzene rings is 1. The number of hydrogen-bond acceptors (Lipinski definition) is 5. The van der Waals surface area contributed by atoms with Gasteiger partial charge in [0.1, 0.15) is 6.10 Å². The van der Waals surface area contributed by atoms with Crippen molar-refractivity contribution in [3.63, 3.8) is 0 Å². The van der Waals surface area contributed by atoms with Gasteiger partial charge in [-0.05, 0) is 50.3 Å². The highest BCUT2D eigenvalue weighted by Crippen LogP contribution is 2.44. The summed E-state index contributed by atoms with van der Waals surface area (Å²) in [5.74, 6) is 0.249. The number of halogens is 1. The molecule has 2 heterocycles. The Morgan fingerprint density at radius 2 is 1.97 bits per heavy atom. The lowest BCUT2D eigenvalue weighted by Gasteiger charge is -2.41. The number of methoxy groups -OCH3 is 1. The first-order valence-electron chi connectivity index (χ1n) is 13.3. The van der Waals surface area contributed by atoms with Gasteiger partial charge < -0.3 is 19.3 Å². The van der Waals surface area contributed by atoms with E-state index in [0.29, 0.717) is 37.0 Å². The van der Waals surface area contributed by atoms with E-state index in [-0.39, 0.29) is 23.4 Å². The summed E-state index contributed by atoms with van der Waals surface area (Å²) in [4.78, 5) is 32.1. The number of nitrogens with zero attached hydrogens (tertiary/aromatic N) is 3. The topological polar surface area (TPSA) is 62.3 Å². The SMILES string of the molecule is C=CC(CC(OC(=O)N1CC(C)N(C(C)=O)c2ccc(C3CC(=C)N(C4CC4)C3)cc21)C(Cl)CC)OC.